The van der Waals surface area contributed by atoms with Crippen LogP contribution in [0, 0.1) is 5.95 Å². The summed E-state index contributed by atoms with van der Waals surface area (Å²) < 4.78 is 32.4. The molecule has 11 heavy (non-hydrogen) atoms. The molecule has 0 aliphatic heterocycles. The minimum Gasteiger partial charge on any atom is -0.767 e. The van der Waals surface area contributed by atoms with Crippen molar-refractivity contribution >= 4 is 11.1 Å². The van der Waals surface area contributed by atoms with Gasteiger partial charge in [0, 0.05) is 0 Å². The van der Waals surface area contributed by atoms with Gasteiger partial charge in [0.15, 0.2) is 0 Å². The number of hydrogen-bond donors (Lipinski definition) is 0. The number of pyridine rings is 1. The maximum Gasteiger partial charge on any atom is 1.00 e. The van der Waals surface area contributed by atoms with Crippen LogP contribution in [0.1, 0.15) is 0 Å². The summed E-state index contributed by atoms with van der Waals surface area (Å²) in [5.41, 5.74) is 0. The van der Waals surface area contributed by atoms with Crippen molar-refractivity contribution in [1.82, 2.24) is 4.98 Å². The van der Waals surface area contributed by atoms with Gasteiger partial charge in [-0.15, -0.1) is 0 Å². The molecule has 54 valence electrons. The van der Waals surface area contributed by atoms with Crippen LogP contribution in [0.2, 0.25) is 0 Å². The number of rotatable bonds is 1. The largest absolute Gasteiger partial charge is 1.00 e. The Hall–Kier alpha value is 0.190. The fraction of sp³-hybridized carbons (Fsp3) is 0. The van der Waals surface area contributed by atoms with Crippen LogP contribution >= 0.6 is 0 Å². The summed E-state index contributed by atoms with van der Waals surface area (Å²) in [5.74, 6) is -0.790. The molecule has 0 amide bonds. The van der Waals surface area contributed by atoms with Crippen LogP contribution in [-0.2, 0) is 11.1 Å². The van der Waals surface area contributed by atoms with Crippen LogP contribution in [-0.4, -0.2) is 13.7 Å². The van der Waals surface area contributed by atoms with Gasteiger partial charge < -0.3 is 4.55 Å². The molecule has 0 aliphatic rings. The molecule has 1 heterocycles. The molecule has 1 atom stereocenters. The van der Waals surface area contributed by atoms with Crippen LogP contribution in [0.5, 0.6) is 0 Å². The van der Waals surface area contributed by atoms with Crippen molar-refractivity contribution in [2.75, 3.05) is 0 Å². The predicted molar refractivity (Wildman–Crippen MR) is 31.4 cm³/mol. The third-order valence-electron chi connectivity index (χ3n) is 0.860. The van der Waals surface area contributed by atoms with Gasteiger partial charge in [-0.1, -0.05) is 6.07 Å². The van der Waals surface area contributed by atoms with Crippen molar-refractivity contribution in [1.29, 1.82) is 0 Å². The van der Waals surface area contributed by atoms with Gasteiger partial charge >= 0.3 is 29.6 Å². The topological polar surface area (TPSA) is 53.0 Å². The molecule has 0 fully saturated rings. The van der Waals surface area contributed by atoms with Crippen molar-refractivity contribution in [3.63, 3.8) is 0 Å². The Morgan fingerprint density at radius 1 is 1.55 bits per heavy atom. The Bertz CT molecular complexity index is 270. The Labute approximate surface area is 87.6 Å². The molecule has 0 saturated heterocycles. The fourth-order valence-corrected chi connectivity index (χ4v) is 0.834. The van der Waals surface area contributed by atoms with Crippen LogP contribution in [0.15, 0.2) is 23.2 Å². The molecular weight excluding hydrogens is 180 g/mol. The average Bonchev–Trinajstić information content (AvgIpc) is 1.88. The smallest absolute Gasteiger partial charge is 0.767 e. The fourth-order valence-electron chi connectivity index (χ4n) is 0.482. The molecule has 1 aromatic rings. The first-order valence-electron chi connectivity index (χ1n) is 2.42. The van der Waals surface area contributed by atoms with Crippen molar-refractivity contribution in [2.45, 2.75) is 5.03 Å². The van der Waals surface area contributed by atoms with E-state index in [0.29, 0.717) is 0 Å². The van der Waals surface area contributed by atoms with Gasteiger partial charge in [-0.25, -0.2) is 4.98 Å². The molecule has 1 aromatic heterocycles. The molecule has 0 N–H and O–H groups in total. The van der Waals surface area contributed by atoms with E-state index in [2.05, 4.69) is 4.98 Å². The summed E-state index contributed by atoms with van der Waals surface area (Å²) in [6, 6.07) is 3.58. The second-order valence-corrected chi connectivity index (χ2v) is 2.42. The van der Waals surface area contributed by atoms with E-state index in [1.165, 1.54) is 12.1 Å². The quantitative estimate of drug-likeness (QED) is 0.274. The summed E-state index contributed by atoms with van der Waals surface area (Å²) in [5, 5.41) is -0.278. The molecule has 0 aromatic carbocycles. The standard InChI is InChI=1S/C5H4FNO2S.Na/c6-4-2-1-3-5(7-4)10(8)9;/h1-3H,(H,8,9);/q;+1/p-1. The van der Waals surface area contributed by atoms with Crippen LogP contribution < -0.4 is 29.6 Å². The van der Waals surface area contributed by atoms with Crippen molar-refractivity contribution in [3.8, 4) is 0 Å². The maximum absolute atomic E-state index is 12.1. The SMILES string of the molecule is O=S([O-])c1cccc(F)n1.[Na+]. The molecule has 0 aliphatic carbocycles. The van der Waals surface area contributed by atoms with Crippen molar-refractivity contribution in [3.05, 3.63) is 24.1 Å². The van der Waals surface area contributed by atoms with Crippen LogP contribution in [0.25, 0.3) is 0 Å². The summed E-state index contributed by atoms with van der Waals surface area (Å²) in [7, 11) is 0. The van der Waals surface area contributed by atoms with Crippen LogP contribution in [0.3, 0.4) is 0 Å². The van der Waals surface area contributed by atoms with E-state index in [0.717, 1.165) is 6.07 Å². The molecule has 0 bridgehead atoms. The maximum atomic E-state index is 12.1. The number of nitrogens with zero attached hydrogens (tertiary/aromatic N) is 1. The van der Waals surface area contributed by atoms with E-state index in [4.69, 9.17) is 0 Å². The Kier molecular flexibility index (Phi) is 5.03. The molecular formula is C5H3FNNaO2S. The molecule has 1 unspecified atom stereocenters. The molecule has 0 saturated carbocycles. The first-order valence-corrected chi connectivity index (χ1v) is 3.49. The zero-order valence-corrected chi connectivity index (χ0v) is 8.60. The zero-order chi connectivity index (χ0) is 7.56. The second kappa shape index (κ2) is 4.95. The second-order valence-electron chi connectivity index (χ2n) is 1.53. The van der Waals surface area contributed by atoms with E-state index in [1.807, 2.05) is 0 Å². The minimum absolute atomic E-state index is 0. The first-order chi connectivity index (χ1) is 4.70. The summed E-state index contributed by atoms with van der Waals surface area (Å²) in [4.78, 5) is 3.09. The number of hydrogen-bond acceptors (Lipinski definition) is 3. The van der Waals surface area contributed by atoms with E-state index >= 15 is 0 Å². The monoisotopic (exact) mass is 183 g/mol. The van der Waals surface area contributed by atoms with Gasteiger partial charge in [0.25, 0.3) is 0 Å². The molecule has 1 rings (SSSR count). The van der Waals surface area contributed by atoms with Crippen LogP contribution in [0.4, 0.5) is 4.39 Å². The predicted octanol–water partition coefficient (Wildman–Crippen LogP) is -2.54. The van der Waals surface area contributed by atoms with E-state index < -0.39 is 17.0 Å². The van der Waals surface area contributed by atoms with Gasteiger partial charge in [0.05, 0.1) is 0 Å². The summed E-state index contributed by atoms with van der Waals surface area (Å²) in [6.45, 7) is 0. The Morgan fingerprint density at radius 2 is 2.18 bits per heavy atom. The molecule has 0 radical (unpaired) electrons. The van der Waals surface area contributed by atoms with E-state index in [1.54, 1.807) is 0 Å². The normalized spacial score (nSPS) is 11.8. The van der Waals surface area contributed by atoms with Gasteiger partial charge in [-0.2, -0.15) is 4.39 Å². The molecule has 0 spiro atoms. The minimum atomic E-state index is -2.44. The van der Waals surface area contributed by atoms with Gasteiger partial charge in [0.2, 0.25) is 5.95 Å². The first kappa shape index (κ1) is 11.2. The third kappa shape index (κ3) is 3.39. The van der Waals surface area contributed by atoms with E-state index in [9.17, 15) is 13.2 Å². The van der Waals surface area contributed by atoms with Gasteiger partial charge in [-0.3, -0.25) is 4.21 Å². The molecule has 6 heteroatoms. The van der Waals surface area contributed by atoms with Crippen molar-refractivity contribution in [2.24, 2.45) is 0 Å². The van der Waals surface area contributed by atoms with Gasteiger partial charge in [0.1, 0.15) is 5.03 Å². The molecule has 3 nitrogen and oxygen atoms in total. The van der Waals surface area contributed by atoms with Gasteiger partial charge in [-0.05, 0) is 23.2 Å². The number of aromatic nitrogens is 1. The Balaban J connectivity index is 0.000001000. The summed E-state index contributed by atoms with van der Waals surface area (Å²) >= 11 is -2.44. The number of halogens is 1. The zero-order valence-electron chi connectivity index (χ0n) is 5.78. The third-order valence-corrected chi connectivity index (χ3v) is 1.43. The Morgan fingerprint density at radius 3 is 2.55 bits per heavy atom. The average molecular weight is 183 g/mol. The van der Waals surface area contributed by atoms with Crippen molar-refractivity contribution < 1.29 is 42.7 Å². The summed E-state index contributed by atoms with van der Waals surface area (Å²) in [6.07, 6.45) is 0. The van der Waals surface area contributed by atoms with E-state index in [-0.39, 0.29) is 34.6 Å².